The largest absolute Gasteiger partial charge is 0.389 e. The summed E-state index contributed by atoms with van der Waals surface area (Å²) in [5, 5.41) is 3.24. The van der Waals surface area contributed by atoms with Crippen molar-refractivity contribution < 1.29 is 0 Å². The fourth-order valence-corrected chi connectivity index (χ4v) is 1.53. The first-order valence-corrected chi connectivity index (χ1v) is 3.70. The van der Waals surface area contributed by atoms with Crippen LogP contribution in [0.1, 0.15) is 26.2 Å². The molecule has 52 valence electrons. The minimum absolute atomic E-state index is 0.720. The Morgan fingerprint density at radius 2 is 2.33 bits per heavy atom. The van der Waals surface area contributed by atoms with Crippen LogP contribution in [0, 0.1) is 5.92 Å². The minimum atomic E-state index is 0.720. The first kappa shape index (κ1) is 6.66. The van der Waals surface area contributed by atoms with Gasteiger partial charge in [-0.1, -0.05) is 13.5 Å². The van der Waals surface area contributed by atoms with Crippen LogP contribution in [0.15, 0.2) is 12.8 Å². The molecule has 0 amide bonds. The van der Waals surface area contributed by atoms with E-state index in [-0.39, 0.29) is 0 Å². The third-order valence-electron chi connectivity index (χ3n) is 2.05. The van der Waals surface area contributed by atoms with Crippen molar-refractivity contribution in [3.63, 3.8) is 0 Å². The molecular weight excluding hydrogens is 110 g/mol. The third-order valence-corrected chi connectivity index (χ3v) is 2.05. The van der Waals surface area contributed by atoms with E-state index >= 15 is 0 Å². The molecule has 0 unspecified atom stereocenters. The molecule has 1 aliphatic carbocycles. The molecule has 2 atom stereocenters. The van der Waals surface area contributed by atoms with Crippen LogP contribution in [0.5, 0.6) is 0 Å². The Hall–Kier alpha value is -0.460. The molecule has 1 aliphatic rings. The average Bonchev–Trinajstić information content (AvgIpc) is 2.17. The topological polar surface area (TPSA) is 12.0 Å². The van der Waals surface area contributed by atoms with E-state index < -0.39 is 0 Å². The van der Waals surface area contributed by atoms with Gasteiger partial charge in [0.25, 0.3) is 0 Å². The molecule has 1 N–H and O–H groups in total. The molecule has 0 aliphatic heterocycles. The predicted octanol–water partition coefficient (Wildman–Crippen LogP) is 1.91. The summed E-state index contributed by atoms with van der Waals surface area (Å²) < 4.78 is 0. The highest BCUT2D eigenvalue weighted by atomic mass is 14.9. The van der Waals surface area contributed by atoms with Crippen molar-refractivity contribution in [2.24, 2.45) is 5.92 Å². The van der Waals surface area contributed by atoms with Crippen molar-refractivity contribution in [3.8, 4) is 0 Å². The lowest BCUT2D eigenvalue weighted by molar-refractivity contribution is 0.559. The van der Waals surface area contributed by atoms with Crippen molar-refractivity contribution >= 4 is 0 Å². The smallest absolute Gasteiger partial charge is 0.0258 e. The van der Waals surface area contributed by atoms with Gasteiger partial charge in [0.15, 0.2) is 0 Å². The van der Waals surface area contributed by atoms with E-state index in [4.69, 9.17) is 0 Å². The molecule has 0 aromatic rings. The van der Waals surface area contributed by atoms with Gasteiger partial charge in [0.1, 0.15) is 0 Å². The van der Waals surface area contributed by atoms with Crippen LogP contribution in [-0.2, 0) is 0 Å². The van der Waals surface area contributed by atoms with Gasteiger partial charge < -0.3 is 5.32 Å². The van der Waals surface area contributed by atoms with E-state index in [0.29, 0.717) is 0 Å². The lowest BCUT2D eigenvalue weighted by Gasteiger charge is -2.07. The maximum atomic E-state index is 3.64. The third kappa shape index (κ3) is 1.74. The Morgan fingerprint density at radius 1 is 1.56 bits per heavy atom. The lowest BCUT2D eigenvalue weighted by Crippen LogP contribution is -2.19. The molecule has 0 bridgehead atoms. The SMILES string of the molecule is C=CN[C@H]1CC[C@@H](C)C1. The minimum Gasteiger partial charge on any atom is -0.389 e. The fourth-order valence-electron chi connectivity index (χ4n) is 1.53. The molecule has 0 heterocycles. The van der Waals surface area contributed by atoms with Gasteiger partial charge >= 0.3 is 0 Å². The standard InChI is InChI=1S/C8H15N/c1-3-9-8-5-4-7(2)6-8/h3,7-9H,1,4-6H2,2H3/t7-,8+/m1/s1. The first-order valence-electron chi connectivity index (χ1n) is 3.70. The second kappa shape index (κ2) is 2.90. The summed E-state index contributed by atoms with van der Waals surface area (Å²) in [5.41, 5.74) is 0. The van der Waals surface area contributed by atoms with Gasteiger partial charge in [-0.05, 0) is 31.4 Å². The quantitative estimate of drug-likeness (QED) is 0.594. The number of hydrogen-bond acceptors (Lipinski definition) is 1. The molecule has 9 heavy (non-hydrogen) atoms. The maximum absolute atomic E-state index is 3.64. The van der Waals surface area contributed by atoms with Crippen LogP contribution in [0.2, 0.25) is 0 Å². The van der Waals surface area contributed by atoms with Crippen LogP contribution in [-0.4, -0.2) is 6.04 Å². The molecule has 1 nitrogen and oxygen atoms in total. The zero-order valence-corrected chi connectivity index (χ0v) is 6.06. The molecule has 1 saturated carbocycles. The Kier molecular flexibility index (Phi) is 2.15. The highest BCUT2D eigenvalue weighted by molar-refractivity contribution is 4.81. The zero-order valence-electron chi connectivity index (χ0n) is 6.06. The monoisotopic (exact) mass is 125 g/mol. The van der Waals surface area contributed by atoms with Gasteiger partial charge in [-0.3, -0.25) is 0 Å². The molecule has 0 spiro atoms. The molecule has 0 aromatic heterocycles. The molecule has 0 radical (unpaired) electrons. The van der Waals surface area contributed by atoms with Gasteiger partial charge in [0.2, 0.25) is 0 Å². The van der Waals surface area contributed by atoms with E-state index in [2.05, 4.69) is 18.8 Å². The predicted molar refractivity (Wildman–Crippen MR) is 40.1 cm³/mol. The Bertz CT molecular complexity index is 98.7. The summed E-state index contributed by atoms with van der Waals surface area (Å²) in [6.07, 6.45) is 5.84. The van der Waals surface area contributed by atoms with Crippen LogP contribution < -0.4 is 5.32 Å². The Morgan fingerprint density at radius 3 is 2.78 bits per heavy atom. The maximum Gasteiger partial charge on any atom is 0.0258 e. The summed E-state index contributed by atoms with van der Waals surface area (Å²) in [7, 11) is 0. The second-order valence-electron chi connectivity index (χ2n) is 2.99. The molecule has 1 rings (SSSR count). The zero-order chi connectivity index (χ0) is 6.69. The molecule has 0 saturated heterocycles. The van der Waals surface area contributed by atoms with Crippen molar-refractivity contribution in [2.45, 2.75) is 32.2 Å². The van der Waals surface area contributed by atoms with E-state index in [1.807, 2.05) is 6.20 Å². The molecule has 1 heteroatoms. The second-order valence-corrected chi connectivity index (χ2v) is 2.99. The van der Waals surface area contributed by atoms with E-state index in [9.17, 15) is 0 Å². The van der Waals surface area contributed by atoms with Crippen LogP contribution >= 0.6 is 0 Å². The highest BCUT2D eigenvalue weighted by Crippen LogP contribution is 2.24. The average molecular weight is 125 g/mol. The van der Waals surface area contributed by atoms with Crippen molar-refractivity contribution in [1.29, 1.82) is 0 Å². The van der Waals surface area contributed by atoms with Crippen molar-refractivity contribution in [3.05, 3.63) is 12.8 Å². The van der Waals surface area contributed by atoms with E-state index in [0.717, 1.165) is 12.0 Å². The summed E-state index contributed by atoms with van der Waals surface area (Å²) in [4.78, 5) is 0. The number of nitrogens with one attached hydrogen (secondary N) is 1. The molecule has 0 aromatic carbocycles. The normalized spacial score (nSPS) is 34.3. The summed E-state index contributed by atoms with van der Waals surface area (Å²) >= 11 is 0. The van der Waals surface area contributed by atoms with Crippen molar-refractivity contribution in [2.75, 3.05) is 0 Å². The lowest BCUT2D eigenvalue weighted by atomic mass is 10.1. The summed E-state index contributed by atoms with van der Waals surface area (Å²) in [6, 6.07) is 0.720. The Labute approximate surface area is 57.1 Å². The first-order chi connectivity index (χ1) is 4.33. The van der Waals surface area contributed by atoms with Gasteiger partial charge in [0.05, 0.1) is 0 Å². The van der Waals surface area contributed by atoms with Crippen LogP contribution in [0.25, 0.3) is 0 Å². The van der Waals surface area contributed by atoms with Crippen molar-refractivity contribution in [1.82, 2.24) is 5.32 Å². The summed E-state index contributed by atoms with van der Waals surface area (Å²) in [6.45, 7) is 5.95. The van der Waals surface area contributed by atoms with Crippen LogP contribution in [0.3, 0.4) is 0 Å². The molecular formula is C8H15N. The number of rotatable bonds is 2. The Balaban J connectivity index is 2.21. The van der Waals surface area contributed by atoms with E-state index in [1.54, 1.807) is 0 Å². The van der Waals surface area contributed by atoms with Gasteiger partial charge in [-0.15, -0.1) is 0 Å². The van der Waals surface area contributed by atoms with Gasteiger partial charge in [-0.2, -0.15) is 0 Å². The molecule has 1 fully saturated rings. The highest BCUT2D eigenvalue weighted by Gasteiger charge is 2.19. The number of hydrogen-bond donors (Lipinski definition) is 1. The van der Waals surface area contributed by atoms with Gasteiger partial charge in [0, 0.05) is 6.04 Å². The van der Waals surface area contributed by atoms with Crippen LogP contribution in [0.4, 0.5) is 0 Å². The fraction of sp³-hybridized carbons (Fsp3) is 0.750. The summed E-state index contributed by atoms with van der Waals surface area (Å²) in [5.74, 6) is 0.919. The van der Waals surface area contributed by atoms with Gasteiger partial charge in [-0.25, -0.2) is 0 Å². The van der Waals surface area contributed by atoms with E-state index in [1.165, 1.54) is 19.3 Å².